The second-order valence-corrected chi connectivity index (χ2v) is 7.04. The molecule has 0 aliphatic heterocycles. The van der Waals surface area contributed by atoms with Crippen LogP contribution in [0.4, 0.5) is 0 Å². The highest BCUT2D eigenvalue weighted by Gasteiger charge is 2.08. The van der Waals surface area contributed by atoms with Crippen molar-refractivity contribution < 1.29 is 14.3 Å². The molecule has 0 unspecified atom stereocenters. The van der Waals surface area contributed by atoms with Crippen molar-refractivity contribution in [2.75, 3.05) is 7.11 Å². The van der Waals surface area contributed by atoms with Crippen LogP contribution in [-0.2, 0) is 6.61 Å². The molecule has 0 aliphatic carbocycles. The van der Waals surface area contributed by atoms with E-state index in [1.165, 1.54) is 6.21 Å². The molecular weight excluding hydrogens is 446 g/mol. The number of nitriles is 1. The molecule has 0 spiro atoms. The van der Waals surface area contributed by atoms with E-state index in [1.807, 2.05) is 24.3 Å². The van der Waals surface area contributed by atoms with E-state index in [1.54, 1.807) is 49.6 Å². The number of hydrogen-bond acceptors (Lipinski definition) is 5. The summed E-state index contributed by atoms with van der Waals surface area (Å²) in [7, 11) is 1.56. The van der Waals surface area contributed by atoms with Gasteiger partial charge in [0, 0.05) is 4.47 Å². The minimum Gasteiger partial charge on any atom is -0.493 e. The average Bonchev–Trinajstić information content (AvgIpc) is 2.78. The van der Waals surface area contributed by atoms with Crippen LogP contribution in [0, 0.1) is 11.3 Å². The first-order valence-corrected chi connectivity index (χ1v) is 9.78. The zero-order valence-electron chi connectivity index (χ0n) is 16.1. The number of hydrogen-bond donors (Lipinski definition) is 1. The van der Waals surface area contributed by atoms with Gasteiger partial charge in [-0.2, -0.15) is 10.4 Å². The molecule has 30 heavy (non-hydrogen) atoms. The van der Waals surface area contributed by atoms with E-state index in [0.29, 0.717) is 33.7 Å². The monoisotopic (exact) mass is 463 g/mol. The Hall–Kier alpha value is -3.63. The molecule has 1 amide bonds. The molecule has 150 valence electrons. The molecule has 0 aromatic heterocycles. The number of rotatable bonds is 7. The number of amides is 1. The number of carbonyl (C=O) groups excluding carboxylic acids is 1. The summed E-state index contributed by atoms with van der Waals surface area (Å²) in [5.74, 6) is 0.814. The molecule has 3 aromatic rings. The number of halogens is 1. The lowest BCUT2D eigenvalue weighted by atomic mass is 10.1. The van der Waals surface area contributed by atoms with E-state index in [2.05, 4.69) is 32.5 Å². The van der Waals surface area contributed by atoms with Crippen LogP contribution in [0.15, 0.2) is 76.3 Å². The fourth-order valence-electron chi connectivity index (χ4n) is 2.59. The fourth-order valence-corrected chi connectivity index (χ4v) is 3.06. The third kappa shape index (κ3) is 5.46. The van der Waals surface area contributed by atoms with E-state index < -0.39 is 0 Å². The summed E-state index contributed by atoms with van der Waals surface area (Å²) in [4.78, 5) is 12.2. The largest absolute Gasteiger partial charge is 0.493 e. The highest BCUT2D eigenvalue weighted by molar-refractivity contribution is 9.10. The predicted molar refractivity (Wildman–Crippen MR) is 118 cm³/mol. The number of nitrogens with one attached hydrogen (secondary N) is 1. The molecule has 0 aliphatic rings. The van der Waals surface area contributed by atoms with Crippen molar-refractivity contribution in [1.82, 2.24) is 5.43 Å². The topological polar surface area (TPSA) is 83.7 Å². The van der Waals surface area contributed by atoms with Gasteiger partial charge in [0.15, 0.2) is 11.5 Å². The molecule has 0 heterocycles. The predicted octanol–water partition coefficient (Wildman–Crippen LogP) is 4.67. The van der Waals surface area contributed by atoms with Crippen LogP contribution in [0.2, 0.25) is 0 Å². The number of benzene rings is 3. The van der Waals surface area contributed by atoms with Crippen molar-refractivity contribution in [3.05, 3.63) is 93.5 Å². The Kier molecular flexibility index (Phi) is 7.19. The van der Waals surface area contributed by atoms with E-state index >= 15 is 0 Å². The van der Waals surface area contributed by atoms with Crippen LogP contribution in [0.3, 0.4) is 0 Å². The van der Waals surface area contributed by atoms with Crippen molar-refractivity contribution in [2.45, 2.75) is 6.61 Å². The van der Waals surface area contributed by atoms with E-state index in [0.717, 1.165) is 11.1 Å². The minimum absolute atomic E-state index is 0.312. The Balaban J connectivity index is 1.63. The van der Waals surface area contributed by atoms with E-state index in [4.69, 9.17) is 14.7 Å². The van der Waals surface area contributed by atoms with Gasteiger partial charge in [-0.3, -0.25) is 4.79 Å². The van der Waals surface area contributed by atoms with Gasteiger partial charge in [0.1, 0.15) is 6.61 Å². The SMILES string of the molecule is COc1cc(/C=N/NC(=O)c2ccccc2Br)ccc1OCc1ccc(C#N)cc1. The van der Waals surface area contributed by atoms with Crippen molar-refractivity contribution >= 4 is 28.1 Å². The number of ether oxygens (including phenoxy) is 2. The number of hydrazone groups is 1. The van der Waals surface area contributed by atoms with Crippen LogP contribution >= 0.6 is 15.9 Å². The molecule has 0 radical (unpaired) electrons. The Morgan fingerprint density at radius 3 is 2.60 bits per heavy atom. The van der Waals surface area contributed by atoms with Crippen molar-refractivity contribution in [1.29, 1.82) is 5.26 Å². The Labute approximate surface area is 182 Å². The lowest BCUT2D eigenvalue weighted by molar-refractivity contribution is 0.0954. The standard InChI is InChI=1S/C23H18BrN3O3/c1-29-22-12-18(14-26-27-23(28)19-4-2-3-5-20(19)24)10-11-21(22)30-15-17-8-6-16(13-25)7-9-17/h2-12,14H,15H2,1H3,(H,27,28)/b26-14+. The molecule has 6 nitrogen and oxygen atoms in total. The van der Waals surface area contributed by atoms with Crippen LogP contribution < -0.4 is 14.9 Å². The van der Waals surface area contributed by atoms with Crippen molar-refractivity contribution in [3.8, 4) is 17.6 Å². The maximum atomic E-state index is 12.2. The second-order valence-electron chi connectivity index (χ2n) is 6.19. The van der Waals surface area contributed by atoms with Crippen molar-refractivity contribution in [3.63, 3.8) is 0 Å². The van der Waals surface area contributed by atoms with Gasteiger partial charge in [-0.05, 0) is 69.5 Å². The first-order chi connectivity index (χ1) is 14.6. The maximum Gasteiger partial charge on any atom is 0.272 e. The van der Waals surface area contributed by atoms with Gasteiger partial charge in [0.25, 0.3) is 5.91 Å². The lowest BCUT2D eigenvalue weighted by Gasteiger charge is -2.11. The minimum atomic E-state index is -0.312. The summed E-state index contributed by atoms with van der Waals surface area (Å²) in [5, 5.41) is 12.9. The van der Waals surface area contributed by atoms with Gasteiger partial charge in [0.05, 0.1) is 30.5 Å². The summed E-state index contributed by atoms with van der Waals surface area (Å²) in [6, 6.07) is 21.7. The van der Waals surface area contributed by atoms with Crippen LogP contribution in [0.25, 0.3) is 0 Å². The normalized spacial score (nSPS) is 10.4. The van der Waals surface area contributed by atoms with Gasteiger partial charge >= 0.3 is 0 Å². The number of carbonyl (C=O) groups is 1. The molecule has 7 heteroatoms. The Morgan fingerprint density at radius 1 is 1.13 bits per heavy atom. The fraction of sp³-hybridized carbons (Fsp3) is 0.0870. The second kappa shape index (κ2) is 10.2. The maximum absolute atomic E-state index is 12.2. The molecule has 0 saturated carbocycles. The van der Waals surface area contributed by atoms with E-state index in [-0.39, 0.29) is 5.91 Å². The third-order valence-corrected chi connectivity index (χ3v) is 4.85. The molecule has 0 atom stereocenters. The van der Waals surface area contributed by atoms with Gasteiger partial charge in [-0.1, -0.05) is 24.3 Å². The number of methoxy groups -OCH3 is 1. The molecule has 1 N–H and O–H groups in total. The van der Waals surface area contributed by atoms with Gasteiger partial charge in [0.2, 0.25) is 0 Å². The van der Waals surface area contributed by atoms with Crippen LogP contribution in [0.5, 0.6) is 11.5 Å². The Bertz CT molecular complexity index is 1110. The molecule has 3 rings (SSSR count). The van der Waals surface area contributed by atoms with Crippen LogP contribution in [0.1, 0.15) is 27.0 Å². The highest BCUT2D eigenvalue weighted by Crippen LogP contribution is 2.28. The number of nitrogens with zero attached hydrogens (tertiary/aromatic N) is 2. The Morgan fingerprint density at radius 2 is 1.90 bits per heavy atom. The summed E-state index contributed by atoms with van der Waals surface area (Å²) in [6.45, 7) is 0.345. The lowest BCUT2D eigenvalue weighted by Crippen LogP contribution is -2.18. The van der Waals surface area contributed by atoms with Gasteiger partial charge in [-0.15, -0.1) is 0 Å². The van der Waals surface area contributed by atoms with Crippen molar-refractivity contribution in [2.24, 2.45) is 5.10 Å². The van der Waals surface area contributed by atoms with E-state index in [9.17, 15) is 4.79 Å². The summed E-state index contributed by atoms with van der Waals surface area (Å²) in [6.07, 6.45) is 1.53. The van der Waals surface area contributed by atoms with Crippen LogP contribution in [-0.4, -0.2) is 19.2 Å². The summed E-state index contributed by atoms with van der Waals surface area (Å²) in [5.41, 5.74) is 5.29. The highest BCUT2D eigenvalue weighted by atomic mass is 79.9. The smallest absolute Gasteiger partial charge is 0.272 e. The first-order valence-electron chi connectivity index (χ1n) is 8.98. The summed E-state index contributed by atoms with van der Waals surface area (Å²) >= 11 is 3.34. The average molecular weight is 464 g/mol. The molecule has 0 bridgehead atoms. The first kappa shape index (κ1) is 21.1. The zero-order chi connectivity index (χ0) is 21.3. The molecule has 0 fully saturated rings. The van der Waals surface area contributed by atoms with Gasteiger partial charge < -0.3 is 9.47 Å². The van der Waals surface area contributed by atoms with Gasteiger partial charge in [-0.25, -0.2) is 5.43 Å². The summed E-state index contributed by atoms with van der Waals surface area (Å²) < 4.78 is 11.9. The zero-order valence-corrected chi connectivity index (χ0v) is 17.7. The molecular formula is C23H18BrN3O3. The third-order valence-electron chi connectivity index (χ3n) is 4.16. The molecule has 0 saturated heterocycles. The quantitative estimate of drug-likeness (QED) is 0.407. The molecule has 3 aromatic carbocycles.